The van der Waals surface area contributed by atoms with Crippen molar-refractivity contribution in [2.24, 2.45) is 0 Å². The smallest absolute Gasteiger partial charge is 0.188 e. The summed E-state index contributed by atoms with van der Waals surface area (Å²) in [6.45, 7) is 45.7. The van der Waals surface area contributed by atoms with E-state index in [1.165, 1.54) is 6.67 Å². The Hall–Kier alpha value is 2.75. The number of hydrogen-bond acceptors (Lipinski definition) is 18. The molecule has 6 heterocycles. The Labute approximate surface area is 417 Å². The number of nitrogens with one attached hydrogen (secondary N) is 9. The van der Waals surface area contributed by atoms with Crippen LogP contribution < -0.4 is 42.5 Å². The van der Waals surface area contributed by atoms with Crippen molar-refractivity contribution in [3.8, 4) is 0 Å². The number of rotatable bonds is 0. The van der Waals surface area contributed by atoms with Crippen LogP contribution in [0.5, 0.6) is 0 Å². The van der Waals surface area contributed by atoms with Crippen LogP contribution in [0.15, 0.2) is 0 Å². The summed E-state index contributed by atoms with van der Waals surface area (Å²) in [4.78, 5) is 6.47. The third-order valence-electron chi connectivity index (χ3n) is 14.0. The molecule has 0 unspecified atom stereocenters. The molecule has 6 saturated heterocycles. The van der Waals surface area contributed by atoms with E-state index in [0.717, 1.165) is 6.67 Å². The van der Waals surface area contributed by atoms with Crippen LogP contribution in [0.3, 0.4) is 0 Å². The zero-order valence-corrected chi connectivity index (χ0v) is 64.8. The Balaban J connectivity index is 0.000000385. The van der Waals surface area contributed by atoms with Crippen LogP contribution in [0.25, 0.3) is 0 Å². The van der Waals surface area contributed by atoms with Gasteiger partial charge >= 0.3 is 0 Å². The molecule has 6 aliphatic heterocycles. The van der Waals surface area contributed by atoms with Crippen molar-refractivity contribution in [1.29, 1.82) is 0 Å². The van der Waals surface area contributed by atoms with Crippen molar-refractivity contribution in [3.63, 3.8) is 0 Å². The fourth-order valence-electron chi connectivity index (χ4n) is 10.0. The van der Waals surface area contributed by atoms with Gasteiger partial charge in [0.2, 0.25) is 0 Å². The first-order chi connectivity index (χ1) is 28.4. The van der Waals surface area contributed by atoms with E-state index in [1.54, 1.807) is 0 Å². The Kier molecular flexibility index (Phi) is 27.3. The van der Waals surface area contributed by atoms with E-state index < -0.39 is 105 Å². The summed E-state index contributed by atoms with van der Waals surface area (Å²) in [5.74, 6) is 0. The summed E-state index contributed by atoms with van der Waals surface area (Å²) in [5, 5.41) is 0. The van der Waals surface area contributed by atoms with Gasteiger partial charge < -0.3 is 81.2 Å². The summed E-state index contributed by atoms with van der Waals surface area (Å²) >= 11 is 0. The molecule has 63 heavy (non-hydrogen) atoms. The third kappa shape index (κ3) is 20.8. The average Bonchev–Trinajstić information content (AvgIpc) is 3.13. The van der Waals surface area contributed by atoms with Crippen LogP contribution in [0.2, 0.25) is 118 Å². The Bertz CT molecular complexity index is 1080. The number of nitrogens with zero attached hydrogens (tertiary/aromatic N) is 9. The molecule has 0 spiro atoms. The van der Waals surface area contributed by atoms with Gasteiger partial charge in [0.1, 0.15) is 0 Å². The molecular formula is C29H108N18Si16. The van der Waals surface area contributed by atoms with E-state index in [1.807, 2.05) is 0 Å². The van der Waals surface area contributed by atoms with Crippen LogP contribution in [-0.2, 0) is 0 Å². The molecule has 6 rings (SSSR count). The molecule has 378 valence electrons. The molecule has 0 aromatic carbocycles. The van der Waals surface area contributed by atoms with Gasteiger partial charge in [-0.05, 0) is 181 Å². The first-order valence-electron chi connectivity index (χ1n) is 23.6. The molecule has 9 N–H and O–H groups in total. The van der Waals surface area contributed by atoms with Crippen molar-refractivity contribution in [3.05, 3.63) is 0 Å². The van der Waals surface area contributed by atoms with Gasteiger partial charge in [-0.25, -0.2) is 0 Å². The molecule has 0 aliphatic carbocycles. The lowest BCUT2D eigenvalue weighted by atomic mass is 11.0. The predicted molar refractivity (Wildman–Crippen MR) is 325 cm³/mol. The molecule has 0 saturated carbocycles. The van der Waals surface area contributed by atoms with Gasteiger partial charge in [-0.2, -0.15) is 0 Å². The molecular weight excluding hydrogens is 1050 g/mol. The zero-order chi connectivity index (χ0) is 49.3. The van der Waals surface area contributed by atoms with Crippen LogP contribution in [0.4, 0.5) is 0 Å². The second-order valence-electron chi connectivity index (χ2n) is 22.2. The maximum atomic E-state index is 3.78. The highest BCUT2D eigenvalue weighted by Gasteiger charge is 2.57. The van der Waals surface area contributed by atoms with Gasteiger partial charge in [-0.1, -0.05) is 0 Å². The van der Waals surface area contributed by atoms with Crippen LogP contribution >= 0.6 is 0 Å². The third-order valence-corrected chi connectivity index (χ3v) is 82.1. The molecule has 0 atom stereocenters. The van der Waals surface area contributed by atoms with Crippen molar-refractivity contribution < 1.29 is 0 Å². The monoisotopic (exact) mass is 1160 g/mol. The highest BCUT2D eigenvalue weighted by Crippen LogP contribution is 2.35. The molecule has 34 heteroatoms. The van der Waals surface area contributed by atoms with Crippen molar-refractivity contribution >= 4 is 144 Å². The molecule has 6 fully saturated rings. The van der Waals surface area contributed by atoms with Crippen molar-refractivity contribution in [2.75, 3.05) is 76.8 Å². The lowest BCUT2D eigenvalue weighted by Crippen LogP contribution is -2.87. The lowest BCUT2D eigenvalue weighted by molar-refractivity contribution is 0.327. The van der Waals surface area contributed by atoms with Gasteiger partial charge in [0.25, 0.3) is 0 Å². The number of hydrogen-bond donors (Lipinski definition) is 9. The maximum absolute atomic E-state index is 3.78. The molecule has 0 aromatic rings. The van der Waals surface area contributed by atoms with Crippen LogP contribution in [-0.4, -0.2) is 260 Å². The normalized spacial score (nSPS) is 35.7. The standard InChI is InChI=1S/C9H27N3Si3.2C6H21N3Si3.C4H15N3Si2.C3H15N3Si3.CH9N3Si2/c1-10-13(4,5)11(2)15(8,9)12(3)14(10,6)7;1-10(2)7-11(3,4)9-12(5,6)8-10;1-7-10(4)8(2)12(6)9(3)11(7)5;1-5-4-6(2)9-7(3)8-5;1-7-4-8(2)6-9(3)5-7;1-2-5-4-6-3-1/h1-9H3;7-9H,1-6H3;10-12H,1-6H3;4,8-9H2,1-3H3;4-9H,1-3H3;2-4H,1,5-6H2. The van der Waals surface area contributed by atoms with E-state index in [0.29, 0.717) is 0 Å². The molecule has 18 nitrogen and oxygen atoms in total. The van der Waals surface area contributed by atoms with Gasteiger partial charge in [-0.3, -0.25) is 0 Å². The van der Waals surface area contributed by atoms with Crippen LogP contribution in [0.1, 0.15) is 0 Å². The lowest BCUT2D eigenvalue weighted by Gasteiger charge is -2.64. The fourth-order valence-corrected chi connectivity index (χ4v) is 87.4. The summed E-state index contributed by atoms with van der Waals surface area (Å²) in [7, 11) is 8.71. The molecule has 6 aliphatic rings. The minimum atomic E-state index is -1.36. The van der Waals surface area contributed by atoms with E-state index in [2.05, 4.69) is 263 Å². The minimum absolute atomic E-state index is 0.00772. The fraction of sp³-hybridized carbons (Fsp3) is 1.00. The predicted octanol–water partition coefficient (Wildman–Crippen LogP) is -5.08. The Morgan fingerprint density at radius 1 is 0.413 bits per heavy atom. The first kappa shape index (κ1) is 63.8. The maximum Gasteiger partial charge on any atom is 0.188 e. The zero-order valence-electron chi connectivity index (χ0n) is 46.2. The van der Waals surface area contributed by atoms with Gasteiger partial charge in [0, 0.05) is 13.3 Å². The van der Waals surface area contributed by atoms with E-state index in [4.69, 9.17) is 0 Å². The van der Waals surface area contributed by atoms with E-state index in [9.17, 15) is 0 Å². The SMILES string of the molecule is C1N[SiH2]N[SiH2]N1.CN1CN(C)[SiH2]N(C)[SiH2]1.CN1[SiH](C)N(C)[SiH](C)N(C)[SiH]1C.CN1[Si](C)(C)N(C)[Si](C)(C)N(C)[Si]1(C)C.C[SiH]1N[SiH](C)N[SiH](C)N1.C[Si]1(C)N[Si](C)(C)N[Si](C)(C)N1. The minimum Gasteiger partial charge on any atom is -0.345 e. The Morgan fingerprint density at radius 3 is 0.857 bits per heavy atom. The molecule has 0 amide bonds. The van der Waals surface area contributed by atoms with Crippen molar-refractivity contribution in [2.45, 2.75) is 118 Å². The van der Waals surface area contributed by atoms with Crippen molar-refractivity contribution in [1.82, 2.24) is 81.2 Å². The highest BCUT2D eigenvalue weighted by molar-refractivity contribution is 7.05. The van der Waals surface area contributed by atoms with Gasteiger partial charge in [-0.15, -0.1) is 0 Å². The quantitative estimate of drug-likeness (QED) is 0.107. The molecule has 0 aromatic heterocycles. The molecule has 0 bridgehead atoms. The van der Waals surface area contributed by atoms with E-state index >= 15 is 0 Å². The van der Waals surface area contributed by atoms with E-state index in [-0.39, 0.29) is 39.4 Å². The average molecular weight is 1160 g/mol. The second-order valence-corrected chi connectivity index (χ2v) is 77.6. The second kappa shape index (κ2) is 27.0. The summed E-state index contributed by atoms with van der Waals surface area (Å²) < 4.78 is 49.2. The van der Waals surface area contributed by atoms with Gasteiger partial charge in [0.05, 0.1) is 0 Å². The van der Waals surface area contributed by atoms with Crippen LogP contribution in [0, 0.1) is 0 Å². The Morgan fingerprint density at radius 2 is 0.667 bits per heavy atom. The van der Waals surface area contributed by atoms with Gasteiger partial charge in [0.15, 0.2) is 144 Å². The highest BCUT2D eigenvalue weighted by atomic mass is 28.5. The largest absolute Gasteiger partial charge is 0.345 e. The summed E-state index contributed by atoms with van der Waals surface area (Å²) in [6, 6.07) is 0. The topological polar surface area (TPSA) is 137 Å². The molecule has 0 radical (unpaired) electrons. The first-order valence-corrected chi connectivity index (χ1v) is 60.2. The summed E-state index contributed by atoms with van der Waals surface area (Å²) in [5.41, 5.74) is 0. The summed E-state index contributed by atoms with van der Waals surface area (Å²) in [6.07, 6.45) is 0.